The Hall–Kier alpha value is -1.56. The smallest absolute Gasteiger partial charge is 0.134 e. The first kappa shape index (κ1) is 18.8. The third-order valence-corrected chi connectivity index (χ3v) is 4.24. The molecule has 0 spiro atoms. The van der Waals surface area contributed by atoms with E-state index in [0.717, 1.165) is 47.6 Å². The standard InChI is InChI=1S/C18H20BrN3O.ClH/c1-14-11-15(19)3-5-17(14)18-6-4-16(23-18)12-20-7-2-9-22-10-8-21-13-22;/h3-6,8,10-11,13,20H,2,7,9,12H2,1H3;1H. The molecule has 0 fully saturated rings. The second-order valence-corrected chi connectivity index (χ2v) is 6.47. The van der Waals surface area contributed by atoms with E-state index in [0.29, 0.717) is 0 Å². The number of hydrogen-bond acceptors (Lipinski definition) is 3. The van der Waals surface area contributed by atoms with Crippen molar-refractivity contribution in [2.45, 2.75) is 26.4 Å². The lowest BCUT2D eigenvalue weighted by atomic mass is 10.1. The van der Waals surface area contributed by atoms with Crippen molar-refractivity contribution in [3.05, 3.63) is 64.8 Å². The van der Waals surface area contributed by atoms with Gasteiger partial charge in [0.25, 0.3) is 0 Å². The molecule has 0 unspecified atom stereocenters. The Morgan fingerprint density at radius 3 is 2.88 bits per heavy atom. The van der Waals surface area contributed by atoms with E-state index >= 15 is 0 Å². The van der Waals surface area contributed by atoms with Crippen LogP contribution in [0.2, 0.25) is 0 Å². The Morgan fingerprint density at radius 1 is 1.25 bits per heavy atom. The number of rotatable bonds is 7. The molecule has 4 nitrogen and oxygen atoms in total. The van der Waals surface area contributed by atoms with Gasteiger partial charge in [-0.3, -0.25) is 0 Å². The van der Waals surface area contributed by atoms with Crippen LogP contribution in [0.15, 0.2) is 57.9 Å². The molecule has 2 aromatic heterocycles. The fourth-order valence-electron chi connectivity index (χ4n) is 2.54. The molecule has 24 heavy (non-hydrogen) atoms. The Kier molecular flexibility index (Phi) is 7.09. The maximum Gasteiger partial charge on any atom is 0.134 e. The van der Waals surface area contributed by atoms with E-state index in [2.05, 4.69) is 49.9 Å². The van der Waals surface area contributed by atoms with Gasteiger partial charge in [-0.05, 0) is 55.8 Å². The summed E-state index contributed by atoms with van der Waals surface area (Å²) >= 11 is 3.49. The summed E-state index contributed by atoms with van der Waals surface area (Å²) in [5.41, 5.74) is 2.34. The lowest BCUT2D eigenvalue weighted by Crippen LogP contribution is -2.15. The molecule has 0 radical (unpaired) electrons. The summed E-state index contributed by atoms with van der Waals surface area (Å²) in [5.74, 6) is 1.88. The summed E-state index contributed by atoms with van der Waals surface area (Å²) in [6, 6.07) is 10.3. The SMILES string of the molecule is Cc1cc(Br)ccc1-c1ccc(CNCCCn2ccnc2)o1.Cl. The Bertz CT molecular complexity index is 755. The van der Waals surface area contributed by atoms with Crippen molar-refractivity contribution in [3.63, 3.8) is 0 Å². The van der Waals surface area contributed by atoms with Gasteiger partial charge in [0.15, 0.2) is 0 Å². The number of hydrogen-bond donors (Lipinski definition) is 1. The average Bonchev–Trinajstić information content (AvgIpc) is 3.18. The maximum atomic E-state index is 5.95. The van der Waals surface area contributed by atoms with E-state index in [1.54, 1.807) is 0 Å². The minimum Gasteiger partial charge on any atom is -0.460 e. The van der Waals surface area contributed by atoms with E-state index in [4.69, 9.17) is 4.42 Å². The van der Waals surface area contributed by atoms with Crippen molar-refractivity contribution in [2.75, 3.05) is 6.54 Å². The number of furan rings is 1. The second-order valence-electron chi connectivity index (χ2n) is 5.56. The summed E-state index contributed by atoms with van der Waals surface area (Å²) in [5, 5.41) is 3.42. The van der Waals surface area contributed by atoms with Crippen LogP contribution >= 0.6 is 28.3 Å². The summed E-state index contributed by atoms with van der Waals surface area (Å²) in [7, 11) is 0. The van der Waals surface area contributed by atoms with Crippen LogP contribution < -0.4 is 5.32 Å². The van der Waals surface area contributed by atoms with Gasteiger partial charge < -0.3 is 14.3 Å². The zero-order chi connectivity index (χ0) is 16.1. The average molecular weight is 411 g/mol. The van der Waals surface area contributed by atoms with Gasteiger partial charge in [-0.2, -0.15) is 0 Å². The Balaban J connectivity index is 0.00000208. The molecule has 3 aromatic rings. The van der Waals surface area contributed by atoms with E-state index in [9.17, 15) is 0 Å². The molecule has 0 aliphatic heterocycles. The van der Waals surface area contributed by atoms with Crippen LogP contribution in [0.25, 0.3) is 11.3 Å². The summed E-state index contributed by atoms with van der Waals surface area (Å²) in [4.78, 5) is 4.04. The predicted molar refractivity (Wildman–Crippen MR) is 102 cm³/mol. The van der Waals surface area contributed by atoms with Gasteiger partial charge in [-0.25, -0.2) is 4.98 Å². The maximum absolute atomic E-state index is 5.95. The molecular weight excluding hydrogens is 390 g/mol. The highest BCUT2D eigenvalue weighted by molar-refractivity contribution is 9.10. The van der Waals surface area contributed by atoms with Gasteiger partial charge in [-0.15, -0.1) is 12.4 Å². The number of nitrogens with one attached hydrogen (secondary N) is 1. The molecule has 6 heteroatoms. The van der Waals surface area contributed by atoms with Crippen LogP contribution in [0.4, 0.5) is 0 Å². The summed E-state index contributed by atoms with van der Waals surface area (Å²) < 4.78 is 9.12. The largest absolute Gasteiger partial charge is 0.460 e. The highest BCUT2D eigenvalue weighted by Gasteiger charge is 2.07. The molecular formula is C18H21BrClN3O. The molecule has 0 saturated carbocycles. The van der Waals surface area contributed by atoms with Crippen molar-refractivity contribution in [3.8, 4) is 11.3 Å². The van der Waals surface area contributed by atoms with Crippen LogP contribution in [0, 0.1) is 6.92 Å². The van der Waals surface area contributed by atoms with Crippen LogP contribution in [-0.2, 0) is 13.1 Å². The van der Waals surface area contributed by atoms with Crippen molar-refractivity contribution in [1.82, 2.24) is 14.9 Å². The van der Waals surface area contributed by atoms with Crippen LogP contribution in [0.1, 0.15) is 17.7 Å². The molecule has 3 rings (SSSR count). The zero-order valence-electron chi connectivity index (χ0n) is 13.5. The molecule has 0 atom stereocenters. The molecule has 128 valence electrons. The minimum absolute atomic E-state index is 0. The summed E-state index contributed by atoms with van der Waals surface area (Å²) in [6.07, 6.45) is 6.70. The lowest BCUT2D eigenvalue weighted by molar-refractivity contribution is 0.484. The molecule has 1 aromatic carbocycles. The third-order valence-electron chi connectivity index (χ3n) is 3.74. The molecule has 0 bridgehead atoms. The topological polar surface area (TPSA) is 43.0 Å². The van der Waals surface area contributed by atoms with Gasteiger partial charge in [-0.1, -0.05) is 15.9 Å². The number of nitrogens with zero attached hydrogens (tertiary/aromatic N) is 2. The van der Waals surface area contributed by atoms with Crippen LogP contribution in [0.5, 0.6) is 0 Å². The highest BCUT2D eigenvalue weighted by atomic mass is 79.9. The molecule has 0 aliphatic rings. The lowest BCUT2D eigenvalue weighted by Gasteiger charge is -2.05. The fourth-order valence-corrected chi connectivity index (χ4v) is 3.01. The highest BCUT2D eigenvalue weighted by Crippen LogP contribution is 2.27. The van der Waals surface area contributed by atoms with Crippen molar-refractivity contribution in [1.29, 1.82) is 0 Å². The third kappa shape index (κ3) is 4.97. The zero-order valence-corrected chi connectivity index (χ0v) is 15.9. The molecule has 0 saturated heterocycles. The first-order chi connectivity index (χ1) is 11.2. The van der Waals surface area contributed by atoms with E-state index in [-0.39, 0.29) is 12.4 Å². The minimum atomic E-state index is 0. The predicted octanol–water partition coefficient (Wildman–Crippen LogP) is 4.82. The molecule has 0 aliphatic carbocycles. The number of aromatic nitrogens is 2. The fraction of sp³-hybridized carbons (Fsp3) is 0.278. The van der Waals surface area contributed by atoms with E-state index in [1.807, 2.05) is 36.9 Å². The number of aryl methyl sites for hydroxylation is 2. The Labute approximate surface area is 156 Å². The van der Waals surface area contributed by atoms with Crippen molar-refractivity contribution < 1.29 is 4.42 Å². The van der Waals surface area contributed by atoms with Gasteiger partial charge >= 0.3 is 0 Å². The van der Waals surface area contributed by atoms with Gasteiger partial charge in [0, 0.05) is 29.0 Å². The Morgan fingerprint density at radius 2 is 2.12 bits per heavy atom. The molecule has 2 heterocycles. The normalized spacial score (nSPS) is 10.6. The number of imidazole rings is 1. The molecule has 0 amide bonds. The van der Waals surface area contributed by atoms with E-state index < -0.39 is 0 Å². The number of benzene rings is 1. The van der Waals surface area contributed by atoms with E-state index in [1.165, 1.54) is 5.56 Å². The second kappa shape index (κ2) is 9.06. The van der Waals surface area contributed by atoms with Gasteiger partial charge in [0.1, 0.15) is 11.5 Å². The first-order valence-electron chi connectivity index (χ1n) is 7.74. The number of halogens is 2. The van der Waals surface area contributed by atoms with Gasteiger partial charge in [0.05, 0.1) is 12.9 Å². The van der Waals surface area contributed by atoms with Crippen molar-refractivity contribution >= 4 is 28.3 Å². The van der Waals surface area contributed by atoms with Gasteiger partial charge in [0.2, 0.25) is 0 Å². The molecule has 1 N–H and O–H groups in total. The van der Waals surface area contributed by atoms with Crippen LogP contribution in [-0.4, -0.2) is 16.1 Å². The summed E-state index contributed by atoms with van der Waals surface area (Å²) in [6.45, 7) is 4.77. The van der Waals surface area contributed by atoms with Crippen LogP contribution in [0.3, 0.4) is 0 Å². The monoisotopic (exact) mass is 409 g/mol. The quantitative estimate of drug-likeness (QED) is 0.568. The first-order valence-corrected chi connectivity index (χ1v) is 8.53. The van der Waals surface area contributed by atoms with Crippen molar-refractivity contribution in [2.24, 2.45) is 0 Å².